The normalized spacial score (nSPS) is 11.1. The predicted octanol–water partition coefficient (Wildman–Crippen LogP) is 7.79. The molecule has 0 bridgehead atoms. The van der Waals surface area contributed by atoms with Gasteiger partial charge in [-0.15, -0.1) is 0 Å². The summed E-state index contributed by atoms with van der Waals surface area (Å²) in [5.41, 5.74) is 9.31. The van der Waals surface area contributed by atoms with Crippen molar-refractivity contribution in [2.24, 2.45) is 0 Å². The van der Waals surface area contributed by atoms with Crippen LogP contribution in [0.3, 0.4) is 0 Å². The van der Waals surface area contributed by atoms with E-state index in [1.54, 1.807) is 0 Å². The lowest BCUT2D eigenvalue weighted by Gasteiger charge is -2.26. The first-order chi connectivity index (χ1) is 18.3. The number of rotatable bonds is 10. The van der Waals surface area contributed by atoms with Crippen LogP contribution >= 0.6 is 0 Å². The van der Waals surface area contributed by atoms with E-state index in [1.165, 1.54) is 0 Å². The third kappa shape index (κ3) is 6.17. The summed E-state index contributed by atoms with van der Waals surface area (Å²) in [5.74, 6) is 0.113. The van der Waals surface area contributed by atoms with Crippen molar-refractivity contribution < 1.29 is 9.59 Å². The number of hydrogen-bond donors (Lipinski definition) is 0. The molecule has 0 radical (unpaired) electrons. The minimum atomic E-state index is 0.0564. The van der Waals surface area contributed by atoms with Crippen LogP contribution in [0.15, 0.2) is 84.9 Å². The zero-order valence-electron chi connectivity index (χ0n) is 23.2. The highest BCUT2D eigenvalue weighted by Gasteiger charge is 2.22. The van der Waals surface area contributed by atoms with Crippen molar-refractivity contribution in [2.45, 2.75) is 54.1 Å². The Morgan fingerprint density at radius 3 is 1.37 bits per heavy atom. The fourth-order valence-corrected chi connectivity index (χ4v) is 5.49. The Kier molecular flexibility index (Phi) is 8.70. The van der Waals surface area contributed by atoms with Gasteiger partial charge in [0.1, 0.15) is 0 Å². The molecular formula is C35H37NO2. The largest absolute Gasteiger partial charge is 0.295 e. The SMILES string of the molecule is CCCN(Cc1cc(C)cc(C)c1C(=O)c1ccccc1)Cc1cc(C)cc(C)c1C(=O)c1ccccc1. The number of benzene rings is 4. The summed E-state index contributed by atoms with van der Waals surface area (Å²) < 4.78 is 0. The predicted molar refractivity (Wildman–Crippen MR) is 156 cm³/mol. The molecule has 4 rings (SSSR count). The summed E-state index contributed by atoms with van der Waals surface area (Å²) in [7, 11) is 0. The summed E-state index contributed by atoms with van der Waals surface area (Å²) >= 11 is 0. The number of carbonyl (C=O) groups excluding carboxylic acids is 2. The Morgan fingerprint density at radius 1 is 0.605 bits per heavy atom. The molecule has 0 aromatic heterocycles. The van der Waals surface area contributed by atoms with Crippen molar-refractivity contribution in [1.82, 2.24) is 4.90 Å². The molecule has 0 saturated carbocycles. The van der Waals surface area contributed by atoms with E-state index < -0.39 is 0 Å². The second-order valence-electron chi connectivity index (χ2n) is 10.3. The van der Waals surface area contributed by atoms with Gasteiger partial charge in [-0.05, 0) is 62.9 Å². The van der Waals surface area contributed by atoms with E-state index in [0.29, 0.717) is 24.2 Å². The standard InChI is InChI=1S/C35H37NO2/c1-6-17-36(22-30-20-24(2)18-26(4)32(30)34(37)28-13-9-7-10-14-28)23-31-21-25(3)19-27(5)33(31)35(38)29-15-11-8-12-16-29/h7-16,18-21H,6,17,22-23H2,1-5H3. The van der Waals surface area contributed by atoms with Crippen molar-refractivity contribution in [3.63, 3.8) is 0 Å². The molecule has 0 unspecified atom stereocenters. The average molecular weight is 504 g/mol. The zero-order chi connectivity index (χ0) is 27.2. The molecule has 0 aliphatic heterocycles. The first-order valence-electron chi connectivity index (χ1n) is 13.4. The van der Waals surface area contributed by atoms with Gasteiger partial charge in [-0.1, -0.05) is 103 Å². The molecule has 0 N–H and O–H groups in total. The van der Waals surface area contributed by atoms with Crippen LogP contribution in [0.2, 0.25) is 0 Å². The van der Waals surface area contributed by atoms with E-state index >= 15 is 0 Å². The van der Waals surface area contributed by atoms with Crippen LogP contribution in [0.1, 0.15) is 78.6 Å². The molecular weight excluding hydrogens is 466 g/mol. The minimum absolute atomic E-state index is 0.0564. The highest BCUT2D eigenvalue weighted by atomic mass is 16.1. The second kappa shape index (κ2) is 12.1. The Bertz CT molecular complexity index is 1330. The van der Waals surface area contributed by atoms with Crippen LogP contribution in [0, 0.1) is 27.7 Å². The van der Waals surface area contributed by atoms with Gasteiger partial charge in [0.15, 0.2) is 11.6 Å². The number of carbonyl (C=O) groups is 2. The maximum atomic E-state index is 13.6. The highest BCUT2D eigenvalue weighted by Crippen LogP contribution is 2.26. The molecule has 0 atom stereocenters. The molecule has 0 saturated heterocycles. The summed E-state index contributed by atoms with van der Waals surface area (Å²) in [6.07, 6.45) is 0.972. The number of hydrogen-bond acceptors (Lipinski definition) is 3. The fraction of sp³-hybridized carbons (Fsp3) is 0.257. The van der Waals surface area contributed by atoms with Crippen LogP contribution in [0.4, 0.5) is 0 Å². The lowest BCUT2D eigenvalue weighted by molar-refractivity contribution is 0.102. The Morgan fingerprint density at radius 2 is 1.00 bits per heavy atom. The lowest BCUT2D eigenvalue weighted by Crippen LogP contribution is -2.26. The second-order valence-corrected chi connectivity index (χ2v) is 10.3. The van der Waals surface area contributed by atoms with Crippen molar-refractivity contribution >= 4 is 11.6 Å². The van der Waals surface area contributed by atoms with Crippen LogP contribution in [-0.2, 0) is 13.1 Å². The molecule has 0 heterocycles. The lowest BCUT2D eigenvalue weighted by atomic mass is 9.91. The van der Waals surface area contributed by atoms with Gasteiger partial charge in [-0.3, -0.25) is 14.5 Å². The minimum Gasteiger partial charge on any atom is -0.295 e. The van der Waals surface area contributed by atoms with Crippen LogP contribution in [0.25, 0.3) is 0 Å². The van der Waals surface area contributed by atoms with Gasteiger partial charge in [0.25, 0.3) is 0 Å². The van der Waals surface area contributed by atoms with Gasteiger partial charge in [0, 0.05) is 35.3 Å². The topological polar surface area (TPSA) is 37.4 Å². The first kappa shape index (κ1) is 27.2. The van der Waals surface area contributed by atoms with Crippen molar-refractivity contribution in [3.05, 3.63) is 141 Å². The Hall–Kier alpha value is -3.82. The van der Waals surface area contributed by atoms with E-state index in [4.69, 9.17) is 0 Å². The van der Waals surface area contributed by atoms with Gasteiger partial charge in [0.2, 0.25) is 0 Å². The van der Waals surface area contributed by atoms with E-state index in [1.807, 2.05) is 74.5 Å². The van der Waals surface area contributed by atoms with Gasteiger partial charge < -0.3 is 0 Å². The molecule has 3 nitrogen and oxygen atoms in total. The molecule has 3 heteroatoms. The third-order valence-electron chi connectivity index (χ3n) is 6.98. The molecule has 194 valence electrons. The van der Waals surface area contributed by atoms with Gasteiger partial charge in [-0.25, -0.2) is 0 Å². The maximum absolute atomic E-state index is 13.6. The van der Waals surface area contributed by atoms with Gasteiger partial charge in [0.05, 0.1) is 0 Å². The van der Waals surface area contributed by atoms with E-state index in [0.717, 1.165) is 57.5 Å². The molecule has 38 heavy (non-hydrogen) atoms. The molecule has 4 aromatic rings. The van der Waals surface area contributed by atoms with Crippen molar-refractivity contribution in [2.75, 3.05) is 6.54 Å². The molecule has 0 fully saturated rings. The third-order valence-corrected chi connectivity index (χ3v) is 6.98. The average Bonchev–Trinajstić information content (AvgIpc) is 2.89. The van der Waals surface area contributed by atoms with Gasteiger partial charge >= 0.3 is 0 Å². The first-order valence-corrected chi connectivity index (χ1v) is 13.4. The quantitative estimate of drug-likeness (QED) is 0.207. The molecule has 0 aliphatic carbocycles. The van der Waals surface area contributed by atoms with E-state index in [9.17, 15) is 9.59 Å². The van der Waals surface area contributed by atoms with Crippen molar-refractivity contribution in [3.8, 4) is 0 Å². The number of nitrogens with zero attached hydrogens (tertiary/aromatic N) is 1. The summed E-state index contributed by atoms with van der Waals surface area (Å²) in [5, 5.41) is 0. The monoisotopic (exact) mass is 503 g/mol. The highest BCUT2D eigenvalue weighted by molar-refractivity contribution is 6.11. The van der Waals surface area contributed by atoms with E-state index in [-0.39, 0.29) is 11.6 Å². The van der Waals surface area contributed by atoms with Crippen LogP contribution in [0.5, 0.6) is 0 Å². The maximum Gasteiger partial charge on any atom is 0.193 e. The van der Waals surface area contributed by atoms with Gasteiger partial charge in [-0.2, -0.15) is 0 Å². The van der Waals surface area contributed by atoms with Crippen molar-refractivity contribution in [1.29, 1.82) is 0 Å². The molecule has 0 aliphatic rings. The molecule has 4 aromatic carbocycles. The molecule has 0 amide bonds. The fourth-order valence-electron chi connectivity index (χ4n) is 5.49. The van der Waals surface area contributed by atoms with E-state index in [2.05, 4.69) is 49.9 Å². The summed E-state index contributed by atoms with van der Waals surface area (Å²) in [6.45, 7) is 12.5. The Labute approximate surface area is 227 Å². The van der Waals surface area contributed by atoms with Crippen LogP contribution < -0.4 is 0 Å². The number of ketones is 2. The zero-order valence-corrected chi connectivity index (χ0v) is 23.2. The number of aryl methyl sites for hydroxylation is 4. The Balaban J connectivity index is 1.73. The summed E-state index contributed by atoms with van der Waals surface area (Å²) in [6, 6.07) is 27.5. The smallest absolute Gasteiger partial charge is 0.193 e. The summed E-state index contributed by atoms with van der Waals surface area (Å²) in [4.78, 5) is 29.6. The molecule has 0 spiro atoms. The van der Waals surface area contributed by atoms with Crippen LogP contribution in [-0.4, -0.2) is 23.0 Å².